The Morgan fingerprint density at radius 3 is 2.65 bits per heavy atom. The highest BCUT2D eigenvalue weighted by atomic mass is 79.9. The monoisotopic (exact) mass is 569 g/mol. The quantitative estimate of drug-likeness (QED) is 0.340. The number of hydrogen-bond donors (Lipinski definition) is 0. The van der Waals surface area contributed by atoms with Gasteiger partial charge in [-0.1, -0.05) is 15.9 Å². The van der Waals surface area contributed by atoms with Gasteiger partial charge in [-0.3, -0.25) is 9.78 Å². The lowest BCUT2D eigenvalue weighted by Crippen LogP contribution is -2.36. The van der Waals surface area contributed by atoms with Crippen LogP contribution in [0.5, 0.6) is 0 Å². The second-order valence-electron chi connectivity index (χ2n) is 10.7. The normalized spacial score (nSPS) is 16.8. The number of morpholine rings is 1. The topological polar surface area (TPSA) is 65.8 Å². The molecule has 0 amide bonds. The van der Waals surface area contributed by atoms with E-state index in [1.165, 1.54) is 23.6 Å². The summed E-state index contributed by atoms with van der Waals surface area (Å²) in [5.74, 6) is -0.213. The highest BCUT2D eigenvalue weighted by Crippen LogP contribution is 2.45. The molecule has 1 aromatic carbocycles. The molecule has 0 N–H and O–H groups in total. The van der Waals surface area contributed by atoms with Gasteiger partial charge in [0.25, 0.3) is 0 Å². The van der Waals surface area contributed by atoms with Gasteiger partial charge in [0.15, 0.2) is 0 Å². The zero-order valence-electron chi connectivity index (χ0n) is 22.4. The van der Waals surface area contributed by atoms with E-state index < -0.39 is 5.41 Å². The van der Waals surface area contributed by atoms with E-state index in [2.05, 4.69) is 43.6 Å². The second-order valence-corrected chi connectivity index (χ2v) is 11.6. The zero-order valence-corrected chi connectivity index (χ0v) is 24.0. The number of benzene rings is 1. The molecule has 0 saturated carbocycles. The first kappa shape index (κ1) is 26.2. The van der Waals surface area contributed by atoms with Gasteiger partial charge in [-0.05, 0) is 69.4 Å². The molecule has 1 atom stereocenters. The van der Waals surface area contributed by atoms with Crippen LogP contribution in [0.1, 0.15) is 50.1 Å². The van der Waals surface area contributed by atoms with Crippen molar-refractivity contribution in [3.8, 4) is 11.3 Å². The van der Waals surface area contributed by atoms with Crippen molar-refractivity contribution in [3.63, 3.8) is 0 Å². The summed E-state index contributed by atoms with van der Waals surface area (Å²) in [6, 6.07) is 6.70. The van der Waals surface area contributed by atoms with E-state index in [1.54, 1.807) is 7.11 Å². The van der Waals surface area contributed by atoms with E-state index >= 15 is 0 Å². The van der Waals surface area contributed by atoms with Crippen LogP contribution >= 0.6 is 15.9 Å². The third-order valence-corrected chi connectivity index (χ3v) is 8.22. The van der Waals surface area contributed by atoms with Crippen molar-refractivity contribution in [2.24, 2.45) is 5.41 Å². The van der Waals surface area contributed by atoms with E-state index in [9.17, 15) is 4.79 Å². The van der Waals surface area contributed by atoms with Crippen LogP contribution in [0.15, 0.2) is 28.9 Å². The van der Waals surface area contributed by atoms with Gasteiger partial charge >= 0.3 is 5.97 Å². The number of anilines is 1. The average Bonchev–Trinajstić information content (AvgIpc) is 3.20. The minimum absolute atomic E-state index is 0.184. The highest BCUT2D eigenvalue weighted by Gasteiger charge is 2.35. The van der Waals surface area contributed by atoms with Crippen LogP contribution in [0.3, 0.4) is 0 Å². The van der Waals surface area contributed by atoms with Gasteiger partial charge in [0, 0.05) is 42.2 Å². The van der Waals surface area contributed by atoms with E-state index in [4.69, 9.17) is 19.2 Å². The number of carbonyl (C=O) groups excluding carboxylic acids is 1. The van der Waals surface area contributed by atoms with Gasteiger partial charge in [0.1, 0.15) is 0 Å². The molecular weight excluding hydrogens is 534 g/mol. The molecule has 7 nitrogen and oxygen atoms in total. The summed E-state index contributed by atoms with van der Waals surface area (Å²) < 4.78 is 20.1. The molecule has 37 heavy (non-hydrogen) atoms. The number of methoxy groups -OCH3 is 2. The molecule has 198 valence electrons. The summed E-state index contributed by atoms with van der Waals surface area (Å²) in [5.41, 5.74) is 7.23. The van der Waals surface area contributed by atoms with Crippen molar-refractivity contribution in [2.75, 3.05) is 45.4 Å². The summed E-state index contributed by atoms with van der Waals surface area (Å²) >= 11 is 3.76. The molecule has 1 saturated heterocycles. The summed E-state index contributed by atoms with van der Waals surface area (Å²) in [7, 11) is 3.19. The molecule has 0 spiro atoms. The molecule has 4 heterocycles. The molecule has 0 unspecified atom stereocenters. The molecule has 0 bridgehead atoms. The van der Waals surface area contributed by atoms with Crippen LogP contribution in [-0.2, 0) is 38.4 Å². The largest absolute Gasteiger partial charge is 0.469 e. The first-order valence-electron chi connectivity index (χ1n) is 13.0. The first-order valence-corrected chi connectivity index (χ1v) is 13.8. The lowest BCUT2D eigenvalue weighted by Gasteiger charge is -2.30. The highest BCUT2D eigenvalue weighted by molar-refractivity contribution is 9.10. The molecule has 0 radical (unpaired) electrons. The van der Waals surface area contributed by atoms with Crippen molar-refractivity contribution in [2.45, 2.75) is 52.7 Å². The van der Waals surface area contributed by atoms with Crippen LogP contribution < -0.4 is 4.90 Å². The molecule has 5 rings (SSSR count). The van der Waals surface area contributed by atoms with Crippen LogP contribution in [0.2, 0.25) is 0 Å². The van der Waals surface area contributed by atoms with Gasteiger partial charge in [-0.15, -0.1) is 0 Å². The van der Waals surface area contributed by atoms with Gasteiger partial charge in [-0.2, -0.15) is 0 Å². The number of halogens is 1. The molecule has 1 fully saturated rings. The van der Waals surface area contributed by atoms with Crippen LogP contribution in [0, 0.1) is 5.41 Å². The van der Waals surface area contributed by atoms with Gasteiger partial charge < -0.3 is 23.7 Å². The number of carbonyl (C=O) groups is 1. The van der Waals surface area contributed by atoms with Crippen molar-refractivity contribution in [3.05, 3.63) is 45.7 Å². The average molecular weight is 571 g/mol. The Hall–Kier alpha value is -2.42. The van der Waals surface area contributed by atoms with Gasteiger partial charge in [-0.25, -0.2) is 0 Å². The van der Waals surface area contributed by atoms with Crippen LogP contribution in [-0.4, -0.2) is 56.0 Å². The van der Waals surface area contributed by atoms with Crippen LogP contribution in [0.4, 0.5) is 5.69 Å². The number of aryl methyl sites for hydroxylation is 2. The van der Waals surface area contributed by atoms with Gasteiger partial charge in [0.2, 0.25) is 0 Å². The van der Waals surface area contributed by atoms with Crippen molar-refractivity contribution in [1.29, 1.82) is 0 Å². The number of nitrogens with zero attached hydrogens (tertiary/aromatic N) is 3. The van der Waals surface area contributed by atoms with Crippen molar-refractivity contribution < 1.29 is 19.0 Å². The zero-order chi connectivity index (χ0) is 26.3. The summed E-state index contributed by atoms with van der Waals surface area (Å²) in [6.45, 7) is 9.98. The van der Waals surface area contributed by atoms with Gasteiger partial charge in [0.05, 0.1) is 60.6 Å². The molecule has 8 heteroatoms. The number of hydrogen-bond acceptors (Lipinski definition) is 6. The molecule has 2 aliphatic rings. The Labute approximate surface area is 227 Å². The first-order chi connectivity index (χ1) is 17.7. The molecule has 2 aliphatic heterocycles. The Morgan fingerprint density at radius 1 is 1.19 bits per heavy atom. The SMILES string of the molecule is COC(=O)C(C)(C)Cc1c(-c2cc(N3CCOCC3)cnc2[C@H](C)OC)n2c3c(cc(Br)cc13)CCC2. The van der Waals surface area contributed by atoms with E-state index in [0.29, 0.717) is 19.6 Å². The predicted molar refractivity (Wildman–Crippen MR) is 149 cm³/mol. The number of aromatic nitrogens is 2. The Morgan fingerprint density at radius 2 is 1.95 bits per heavy atom. The fourth-order valence-electron chi connectivity index (χ4n) is 5.81. The standard InChI is InChI=1S/C29H36BrN3O4/c1-18(35-4)25-23(15-21(17-31-25)32-9-11-37-12-10-32)27-24(16-29(2,3)28(34)36-5)22-14-20(30)13-19-7-6-8-33(27)26(19)22/h13-15,17-18H,6-12,16H2,1-5H3/t18-/m0/s1. The number of pyridine rings is 1. The molecule has 2 aromatic heterocycles. The summed E-state index contributed by atoms with van der Waals surface area (Å²) in [6.07, 6.45) is 4.42. The summed E-state index contributed by atoms with van der Waals surface area (Å²) in [5, 5.41) is 1.18. The minimum Gasteiger partial charge on any atom is -0.469 e. The van der Waals surface area contributed by atoms with E-state index in [1.807, 2.05) is 27.0 Å². The van der Waals surface area contributed by atoms with Crippen molar-refractivity contribution in [1.82, 2.24) is 9.55 Å². The fraction of sp³-hybridized carbons (Fsp3) is 0.517. The Bertz CT molecular complexity index is 1330. The van der Waals surface area contributed by atoms with Crippen molar-refractivity contribution >= 4 is 38.5 Å². The van der Waals surface area contributed by atoms with E-state index in [-0.39, 0.29) is 12.1 Å². The lowest BCUT2D eigenvalue weighted by atomic mass is 9.83. The smallest absolute Gasteiger partial charge is 0.311 e. The number of esters is 1. The maximum absolute atomic E-state index is 12.8. The third-order valence-electron chi connectivity index (χ3n) is 7.76. The molecular formula is C29H36BrN3O4. The lowest BCUT2D eigenvalue weighted by molar-refractivity contribution is -0.150. The minimum atomic E-state index is -0.693. The number of rotatable bonds is 7. The van der Waals surface area contributed by atoms with Crippen LogP contribution in [0.25, 0.3) is 22.2 Å². The molecule has 3 aromatic rings. The Balaban J connectivity index is 1.80. The number of ether oxygens (including phenoxy) is 3. The third kappa shape index (κ3) is 4.79. The molecule has 0 aliphatic carbocycles. The second kappa shape index (κ2) is 10.4. The van der Waals surface area contributed by atoms with E-state index in [0.717, 1.165) is 65.2 Å². The maximum atomic E-state index is 12.8. The fourth-order valence-corrected chi connectivity index (χ4v) is 6.32. The predicted octanol–water partition coefficient (Wildman–Crippen LogP) is 5.70. The Kier molecular flexibility index (Phi) is 7.35. The summed E-state index contributed by atoms with van der Waals surface area (Å²) in [4.78, 5) is 20.1. The maximum Gasteiger partial charge on any atom is 0.311 e.